The molecule has 3 aromatic rings. The van der Waals surface area contributed by atoms with E-state index >= 15 is 0 Å². The molecule has 0 spiro atoms. The lowest BCUT2D eigenvalue weighted by Crippen LogP contribution is -2.10. The summed E-state index contributed by atoms with van der Waals surface area (Å²) < 4.78 is 0. The Bertz CT molecular complexity index is 950. The molecule has 0 aliphatic carbocycles. The molecular formula is C21H17N3O3. The van der Waals surface area contributed by atoms with Gasteiger partial charge in [0.05, 0.1) is 16.9 Å². The first-order chi connectivity index (χ1) is 13.1. The van der Waals surface area contributed by atoms with Gasteiger partial charge in [0.25, 0.3) is 5.91 Å². The number of rotatable bonds is 5. The van der Waals surface area contributed by atoms with E-state index in [0.717, 1.165) is 5.56 Å². The van der Waals surface area contributed by atoms with Crippen molar-refractivity contribution in [1.29, 1.82) is 0 Å². The highest BCUT2D eigenvalue weighted by atomic mass is 16.7. The molecule has 27 heavy (non-hydrogen) atoms. The maximum absolute atomic E-state index is 12.0. The van der Waals surface area contributed by atoms with Gasteiger partial charge in [0.2, 0.25) is 0 Å². The molecule has 3 rings (SSSR count). The van der Waals surface area contributed by atoms with Gasteiger partial charge < -0.3 is 4.84 Å². The van der Waals surface area contributed by atoms with E-state index in [4.69, 9.17) is 4.84 Å². The lowest BCUT2D eigenvalue weighted by Gasteiger charge is -2.07. The predicted molar refractivity (Wildman–Crippen MR) is 102 cm³/mol. The predicted octanol–water partition coefficient (Wildman–Crippen LogP) is 5.10. The Morgan fingerprint density at radius 3 is 2.15 bits per heavy atom. The van der Waals surface area contributed by atoms with Crippen LogP contribution in [0.2, 0.25) is 0 Å². The molecule has 3 aromatic carbocycles. The first kappa shape index (κ1) is 18.0. The summed E-state index contributed by atoms with van der Waals surface area (Å²) in [4.78, 5) is 28.9. The third-order valence-electron chi connectivity index (χ3n) is 3.69. The number of aryl methyl sites for hydroxylation is 1. The number of carbonyl (C=O) groups is 2. The second kappa shape index (κ2) is 8.53. The van der Waals surface area contributed by atoms with Gasteiger partial charge in [0, 0.05) is 5.56 Å². The van der Waals surface area contributed by atoms with Crippen LogP contribution in [0.25, 0.3) is 0 Å². The number of azo groups is 1. The third kappa shape index (κ3) is 5.09. The summed E-state index contributed by atoms with van der Waals surface area (Å²) in [5.41, 5.74) is 5.66. The fourth-order valence-corrected chi connectivity index (χ4v) is 2.19. The minimum atomic E-state index is -0.479. The van der Waals surface area contributed by atoms with Crippen molar-refractivity contribution < 1.29 is 14.4 Å². The van der Waals surface area contributed by atoms with E-state index in [1.807, 2.05) is 25.1 Å². The van der Waals surface area contributed by atoms with Gasteiger partial charge in [0.1, 0.15) is 0 Å². The normalized spacial score (nSPS) is 10.6. The molecule has 0 heterocycles. The lowest BCUT2D eigenvalue weighted by atomic mass is 10.2. The molecule has 0 aromatic heterocycles. The summed E-state index contributed by atoms with van der Waals surface area (Å²) in [6.07, 6.45) is 0. The number of amides is 1. The molecule has 1 amide bonds. The Hall–Kier alpha value is -3.80. The van der Waals surface area contributed by atoms with Crippen LogP contribution >= 0.6 is 0 Å². The van der Waals surface area contributed by atoms with E-state index in [1.165, 1.54) is 0 Å². The summed E-state index contributed by atoms with van der Waals surface area (Å²) in [6, 6.07) is 22.4. The molecule has 134 valence electrons. The van der Waals surface area contributed by atoms with Gasteiger partial charge in [-0.15, -0.1) is 10.2 Å². The number of carbonyl (C=O) groups excluding carboxylic acids is 2. The molecule has 6 heteroatoms. The van der Waals surface area contributed by atoms with Gasteiger partial charge in [-0.2, -0.15) is 0 Å². The maximum atomic E-state index is 12.0. The topological polar surface area (TPSA) is 80.1 Å². The number of hydrogen-bond donors (Lipinski definition) is 1. The number of hydrogen-bond acceptors (Lipinski definition) is 5. The first-order valence-corrected chi connectivity index (χ1v) is 8.27. The van der Waals surface area contributed by atoms with Crippen LogP contribution in [-0.4, -0.2) is 11.9 Å². The van der Waals surface area contributed by atoms with Gasteiger partial charge in [0.15, 0.2) is 0 Å². The summed E-state index contributed by atoms with van der Waals surface area (Å²) in [5.74, 6) is -0.892. The van der Waals surface area contributed by atoms with Crippen molar-refractivity contribution >= 4 is 23.3 Å². The number of anilines is 1. The molecular weight excluding hydrogens is 342 g/mol. The monoisotopic (exact) mass is 359 g/mol. The van der Waals surface area contributed by atoms with E-state index in [-0.39, 0.29) is 0 Å². The molecule has 6 nitrogen and oxygen atoms in total. The third-order valence-corrected chi connectivity index (χ3v) is 3.69. The van der Waals surface area contributed by atoms with E-state index in [2.05, 4.69) is 15.7 Å². The SMILES string of the molecule is Cc1ccc(C(=O)ONc2ccc(N=NC(=O)c3ccccc3)cc2)cc1. The highest BCUT2D eigenvalue weighted by Crippen LogP contribution is 2.17. The van der Waals surface area contributed by atoms with Gasteiger partial charge in [-0.25, -0.2) is 10.3 Å². The van der Waals surface area contributed by atoms with E-state index in [9.17, 15) is 9.59 Å². The largest absolute Gasteiger partial charge is 0.362 e. The Morgan fingerprint density at radius 1 is 0.815 bits per heavy atom. The number of benzene rings is 3. The van der Waals surface area contributed by atoms with Gasteiger partial charge in [-0.05, 0) is 55.5 Å². The van der Waals surface area contributed by atoms with Crippen LogP contribution in [0, 0.1) is 6.92 Å². The van der Waals surface area contributed by atoms with Crippen molar-refractivity contribution in [2.75, 3.05) is 5.48 Å². The van der Waals surface area contributed by atoms with Gasteiger partial charge in [-0.3, -0.25) is 4.79 Å². The fraction of sp³-hybridized carbons (Fsp3) is 0.0476. The molecule has 1 N–H and O–H groups in total. The van der Waals surface area contributed by atoms with Crippen molar-refractivity contribution in [3.8, 4) is 0 Å². The number of nitrogens with one attached hydrogen (secondary N) is 1. The highest BCUT2D eigenvalue weighted by molar-refractivity contribution is 5.94. The van der Waals surface area contributed by atoms with Crippen LogP contribution in [0.15, 0.2) is 89.1 Å². The van der Waals surface area contributed by atoms with Crippen LogP contribution in [0.5, 0.6) is 0 Å². The van der Waals surface area contributed by atoms with E-state index < -0.39 is 11.9 Å². The average molecular weight is 359 g/mol. The fourth-order valence-electron chi connectivity index (χ4n) is 2.19. The molecule has 0 fully saturated rings. The van der Waals surface area contributed by atoms with Crippen LogP contribution in [0.4, 0.5) is 11.4 Å². The number of nitrogens with zero attached hydrogens (tertiary/aromatic N) is 2. The summed E-state index contributed by atoms with van der Waals surface area (Å²) in [6.45, 7) is 1.94. The van der Waals surface area contributed by atoms with Crippen molar-refractivity contribution in [2.24, 2.45) is 10.2 Å². The zero-order valence-corrected chi connectivity index (χ0v) is 14.6. The van der Waals surface area contributed by atoms with Crippen molar-refractivity contribution in [3.05, 3.63) is 95.6 Å². The van der Waals surface area contributed by atoms with Crippen LogP contribution < -0.4 is 5.48 Å². The second-order valence-electron chi connectivity index (χ2n) is 5.78. The molecule has 0 aliphatic heterocycles. The Labute approximate surface area is 156 Å². The summed E-state index contributed by atoms with van der Waals surface area (Å²) in [7, 11) is 0. The minimum Gasteiger partial charge on any atom is -0.338 e. The van der Waals surface area contributed by atoms with E-state index in [1.54, 1.807) is 60.7 Å². The van der Waals surface area contributed by atoms with Crippen LogP contribution in [0.3, 0.4) is 0 Å². The van der Waals surface area contributed by atoms with Crippen molar-refractivity contribution in [1.82, 2.24) is 0 Å². The Balaban J connectivity index is 1.55. The van der Waals surface area contributed by atoms with Crippen molar-refractivity contribution in [2.45, 2.75) is 6.92 Å². The molecule has 0 unspecified atom stereocenters. The molecule has 0 radical (unpaired) electrons. The molecule has 0 saturated heterocycles. The molecule has 0 aliphatic rings. The molecule has 0 atom stereocenters. The summed E-state index contributed by atoms with van der Waals surface area (Å²) in [5, 5.41) is 7.61. The lowest BCUT2D eigenvalue weighted by molar-refractivity contribution is 0.0596. The molecule has 0 bridgehead atoms. The van der Waals surface area contributed by atoms with E-state index in [0.29, 0.717) is 22.5 Å². The smallest absolute Gasteiger partial charge is 0.338 e. The standard InChI is InChI=1S/C21H17N3O3/c1-15-7-9-17(10-8-15)21(26)27-24-19-13-11-18(12-14-19)22-23-20(25)16-5-3-2-4-6-16/h2-14,24H,1H3. The van der Waals surface area contributed by atoms with Crippen molar-refractivity contribution in [3.63, 3.8) is 0 Å². The first-order valence-electron chi connectivity index (χ1n) is 8.27. The van der Waals surface area contributed by atoms with Gasteiger partial charge >= 0.3 is 5.97 Å². The highest BCUT2D eigenvalue weighted by Gasteiger charge is 2.07. The average Bonchev–Trinajstić information content (AvgIpc) is 2.72. The molecule has 0 saturated carbocycles. The Kier molecular flexibility index (Phi) is 5.69. The maximum Gasteiger partial charge on any atom is 0.362 e. The zero-order chi connectivity index (χ0) is 19.1. The van der Waals surface area contributed by atoms with Gasteiger partial charge in [-0.1, -0.05) is 35.9 Å². The second-order valence-corrected chi connectivity index (χ2v) is 5.78. The Morgan fingerprint density at radius 2 is 1.48 bits per heavy atom. The van der Waals surface area contributed by atoms with Crippen LogP contribution in [0.1, 0.15) is 26.3 Å². The van der Waals surface area contributed by atoms with Crippen LogP contribution in [-0.2, 0) is 4.84 Å². The summed E-state index contributed by atoms with van der Waals surface area (Å²) >= 11 is 0. The zero-order valence-electron chi connectivity index (χ0n) is 14.6. The minimum absolute atomic E-state index is 0.412. The quantitative estimate of drug-likeness (QED) is 0.507.